The molecule has 1 heterocycles. The van der Waals surface area contributed by atoms with Crippen molar-refractivity contribution in [2.24, 2.45) is 0 Å². The minimum absolute atomic E-state index is 0. The van der Waals surface area contributed by atoms with Gasteiger partial charge in [-0.25, -0.2) is 4.98 Å². The maximum atomic E-state index is 5.69. The number of hydrogen-bond acceptors (Lipinski definition) is 3. The lowest BCUT2D eigenvalue weighted by Crippen LogP contribution is -2.09. The van der Waals surface area contributed by atoms with Crippen LogP contribution in [0.2, 0.25) is 0 Å². The van der Waals surface area contributed by atoms with Gasteiger partial charge in [-0.15, -0.1) is 12.4 Å². The van der Waals surface area contributed by atoms with Crippen LogP contribution in [-0.4, -0.2) is 22.8 Å². The number of halogens is 1. The van der Waals surface area contributed by atoms with Crippen molar-refractivity contribution in [3.05, 3.63) is 89.5 Å². The molecule has 0 aliphatic rings. The summed E-state index contributed by atoms with van der Waals surface area (Å²) in [5.41, 5.74) is 3.56. The average Bonchev–Trinajstić information content (AvgIpc) is 3.15. The lowest BCUT2D eigenvalue weighted by molar-refractivity contribution is 0.100. The molecule has 5 heteroatoms. The lowest BCUT2D eigenvalue weighted by atomic mass is 10.0. The number of aromatic amines is 1. The van der Waals surface area contributed by atoms with Gasteiger partial charge in [0.2, 0.25) is 0 Å². The first-order valence-corrected chi connectivity index (χ1v) is 9.19. The number of thiol groups is 1. The van der Waals surface area contributed by atoms with Gasteiger partial charge < -0.3 is 9.72 Å². The number of imidazole rings is 1. The molecule has 0 spiro atoms. The zero-order chi connectivity index (χ0) is 17.5. The summed E-state index contributed by atoms with van der Waals surface area (Å²) in [6.45, 7) is 0. The molecule has 0 saturated carbocycles. The SMILES string of the molecule is CO[C@H](Cc1ccccc1)c1cnc([C@H](CS)Cc2ccccc2)[nH]1.Cl. The minimum atomic E-state index is -0.0269. The molecule has 1 N–H and O–H groups in total. The topological polar surface area (TPSA) is 37.9 Å². The van der Waals surface area contributed by atoms with Gasteiger partial charge in [0, 0.05) is 25.2 Å². The van der Waals surface area contributed by atoms with Crippen LogP contribution in [-0.2, 0) is 17.6 Å². The van der Waals surface area contributed by atoms with Crippen molar-refractivity contribution in [1.29, 1.82) is 0 Å². The predicted octanol–water partition coefficient (Wildman–Crippen LogP) is 5.02. The van der Waals surface area contributed by atoms with Gasteiger partial charge in [0.25, 0.3) is 0 Å². The van der Waals surface area contributed by atoms with Gasteiger partial charge in [0.05, 0.1) is 11.9 Å². The van der Waals surface area contributed by atoms with Crippen molar-refractivity contribution in [1.82, 2.24) is 9.97 Å². The summed E-state index contributed by atoms with van der Waals surface area (Å²) in [5.74, 6) is 1.98. The van der Waals surface area contributed by atoms with E-state index in [2.05, 4.69) is 71.1 Å². The summed E-state index contributed by atoms with van der Waals surface area (Å²) in [5, 5.41) is 0. The normalized spacial score (nSPS) is 13.0. The van der Waals surface area contributed by atoms with Crippen LogP contribution >= 0.6 is 25.0 Å². The molecule has 3 aromatic rings. The molecule has 3 rings (SSSR count). The molecule has 26 heavy (non-hydrogen) atoms. The highest BCUT2D eigenvalue weighted by Crippen LogP contribution is 2.24. The molecule has 3 nitrogen and oxygen atoms in total. The first-order chi connectivity index (χ1) is 12.3. The van der Waals surface area contributed by atoms with Crippen LogP contribution in [0.4, 0.5) is 0 Å². The van der Waals surface area contributed by atoms with E-state index in [1.807, 2.05) is 18.3 Å². The first-order valence-electron chi connectivity index (χ1n) is 8.56. The summed E-state index contributed by atoms with van der Waals surface area (Å²) in [4.78, 5) is 8.08. The number of ether oxygens (including phenoxy) is 1. The number of methoxy groups -OCH3 is 1. The molecular weight excluding hydrogens is 364 g/mol. The Bertz CT molecular complexity index is 700. The molecule has 0 aliphatic carbocycles. The van der Waals surface area contributed by atoms with Crippen LogP contribution in [0, 0.1) is 0 Å². The van der Waals surface area contributed by atoms with Crippen LogP contribution in [0.1, 0.15) is 34.7 Å². The Hall–Kier alpha value is -1.75. The molecule has 0 saturated heterocycles. The molecule has 0 fully saturated rings. The van der Waals surface area contributed by atoms with E-state index in [4.69, 9.17) is 4.74 Å². The third kappa shape index (κ3) is 5.37. The summed E-state index contributed by atoms with van der Waals surface area (Å²) in [6.07, 6.45) is 3.62. The summed E-state index contributed by atoms with van der Waals surface area (Å²) < 4.78 is 5.69. The number of rotatable bonds is 8. The van der Waals surface area contributed by atoms with E-state index < -0.39 is 0 Å². The van der Waals surface area contributed by atoms with Gasteiger partial charge in [-0.2, -0.15) is 12.6 Å². The van der Waals surface area contributed by atoms with Gasteiger partial charge in [-0.3, -0.25) is 0 Å². The Morgan fingerprint density at radius 1 is 0.962 bits per heavy atom. The lowest BCUT2D eigenvalue weighted by Gasteiger charge is -2.15. The highest BCUT2D eigenvalue weighted by atomic mass is 35.5. The fraction of sp³-hybridized carbons (Fsp3) is 0.286. The Morgan fingerprint density at radius 2 is 1.54 bits per heavy atom. The Labute approximate surface area is 167 Å². The van der Waals surface area contributed by atoms with Gasteiger partial charge in [0.1, 0.15) is 11.9 Å². The van der Waals surface area contributed by atoms with Crippen LogP contribution in [0.25, 0.3) is 0 Å². The first kappa shape index (κ1) is 20.6. The van der Waals surface area contributed by atoms with E-state index in [1.54, 1.807) is 7.11 Å². The molecule has 0 amide bonds. The van der Waals surface area contributed by atoms with Crippen LogP contribution in [0.15, 0.2) is 66.9 Å². The van der Waals surface area contributed by atoms with Gasteiger partial charge in [-0.1, -0.05) is 60.7 Å². The largest absolute Gasteiger partial charge is 0.375 e. The van der Waals surface area contributed by atoms with Crippen molar-refractivity contribution in [2.75, 3.05) is 12.9 Å². The second-order valence-electron chi connectivity index (χ2n) is 6.21. The van der Waals surface area contributed by atoms with E-state index in [0.29, 0.717) is 0 Å². The standard InChI is InChI=1S/C21H24N2OS.ClH/c1-24-20(13-17-10-6-3-7-11-17)19-14-22-21(23-19)18(15-25)12-16-8-4-2-5-9-16;/h2-11,14,18,20,25H,12-13,15H2,1H3,(H,22,23);1H/t18-,20+;/m0./s1. The van der Waals surface area contributed by atoms with Crippen LogP contribution in [0.5, 0.6) is 0 Å². The smallest absolute Gasteiger partial charge is 0.110 e. The zero-order valence-corrected chi connectivity index (χ0v) is 16.5. The molecule has 1 aromatic heterocycles. The Balaban J connectivity index is 0.00000243. The second kappa shape index (κ2) is 10.4. The second-order valence-corrected chi connectivity index (χ2v) is 6.57. The maximum Gasteiger partial charge on any atom is 0.110 e. The van der Waals surface area contributed by atoms with Crippen molar-refractivity contribution >= 4 is 25.0 Å². The van der Waals surface area contributed by atoms with E-state index in [9.17, 15) is 0 Å². The molecule has 0 aliphatic heterocycles. The van der Waals surface area contributed by atoms with E-state index in [1.165, 1.54) is 11.1 Å². The molecule has 0 radical (unpaired) electrons. The average molecular weight is 389 g/mol. The van der Waals surface area contributed by atoms with Gasteiger partial charge in [-0.05, 0) is 17.5 Å². The highest BCUT2D eigenvalue weighted by molar-refractivity contribution is 7.80. The number of benzene rings is 2. The number of nitrogens with one attached hydrogen (secondary N) is 1. The van der Waals surface area contributed by atoms with E-state index >= 15 is 0 Å². The number of H-pyrrole nitrogens is 1. The quantitative estimate of drug-likeness (QED) is 0.532. The molecular formula is C21H25ClN2OS. The monoisotopic (exact) mass is 388 g/mol. The van der Waals surface area contributed by atoms with E-state index in [0.717, 1.165) is 30.1 Å². The summed E-state index contributed by atoms with van der Waals surface area (Å²) >= 11 is 4.53. The van der Waals surface area contributed by atoms with Crippen molar-refractivity contribution in [2.45, 2.75) is 24.9 Å². The number of hydrogen-bond donors (Lipinski definition) is 2. The van der Waals surface area contributed by atoms with Crippen molar-refractivity contribution < 1.29 is 4.74 Å². The third-order valence-electron chi connectivity index (χ3n) is 4.44. The fourth-order valence-electron chi connectivity index (χ4n) is 3.02. The Morgan fingerprint density at radius 3 is 2.08 bits per heavy atom. The third-order valence-corrected chi connectivity index (χ3v) is 4.88. The fourth-order valence-corrected chi connectivity index (χ4v) is 3.32. The van der Waals surface area contributed by atoms with Crippen molar-refractivity contribution in [3.63, 3.8) is 0 Å². The number of aromatic nitrogens is 2. The van der Waals surface area contributed by atoms with Gasteiger partial charge >= 0.3 is 0 Å². The highest BCUT2D eigenvalue weighted by Gasteiger charge is 2.19. The minimum Gasteiger partial charge on any atom is -0.375 e. The molecule has 0 bridgehead atoms. The molecule has 2 atom stereocenters. The molecule has 138 valence electrons. The van der Waals surface area contributed by atoms with Crippen molar-refractivity contribution in [3.8, 4) is 0 Å². The zero-order valence-electron chi connectivity index (χ0n) is 14.8. The summed E-state index contributed by atoms with van der Waals surface area (Å²) in [6, 6.07) is 20.8. The molecule has 2 aromatic carbocycles. The summed E-state index contributed by atoms with van der Waals surface area (Å²) in [7, 11) is 1.74. The molecule has 0 unspecified atom stereocenters. The van der Waals surface area contributed by atoms with Gasteiger partial charge in [0.15, 0.2) is 0 Å². The van der Waals surface area contributed by atoms with Crippen LogP contribution < -0.4 is 0 Å². The number of nitrogens with zero attached hydrogens (tertiary/aromatic N) is 1. The predicted molar refractivity (Wildman–Crippen MR) is 112 cm³/mol. The Kier molecular flexibility index (Phi) is 8.23. The van der Waals surface area contributed by atoms with E-state index in [-0.39, 0.29) is 24.4 Å². The van der Waals surface area contributed by atoms with Crippen LogP contribution in [0.3, 0.4) is 0 Å². The maximum absolute atomic E-state index is 5.69.